The fourth-order valence-electron chi connectivity index (χ4n) is 1.85. The normalized spacial score (nSPS) is 10.4. The second-order valence-electron chi connectivity index (χ2n) is 4.36. The van der Waals surface area contributed by atoms with Crippen molar-refractivity contribution in [3.8, 4) is 0 Å². The van der Waals surface area contributed by atoms with Gasteiger partial charge in [-0.15, -0.1) is 0 Å². The number of rotatable bonds is 5. The van der Waals surface area contributed by atoms with Crippen LogP contribution < -0.4 is 5.32 Å². The van der Waals surface area contributed by atoms with E-state index in [1.54, 1.807) is 12.4 Å². The predicted molar refractivity (Wildman–Crippen MR) is 75.1 cm³/mol. The number of anilines is 1. The van der Waals surface area contributed by atoms with Crippen LogP contribution in [0.5, 0.6) is 0 Å². The lowest BCUT2D eigenvalue weighted by atomic mass is 10.2. The molecule has 1 N–H and O–H groups in total. The van der Waals surface area contributed by atoms with Gasteiger partial charge < -0.3 is 9.84 Å². The Bertz CT molecular complexity index is 652. The van der Waals surface area contributed by atoms with E-state index in [1.165, 1.54) is 0 Å². The van der Waals surface area contributed by atoms with Crippen LogP contribution >= 0.6 is 0 Å². The van der Waals surface area contributed by atoms with Gasteiger partial charge in [-0.25, -0.2) is 0 Å². The smallest absolute Gasteiger partial charge is 0.245 e. The lowest BCUT2D eigenvalue weighted by molar-refractivity contribution is 0.378. The Kier molecular flexibility index (Phi) is 3.68. The predicted octanol–water partition coefficient (Wildman–Crippen LogP) is 2.67. The van der Waals surface area contributed by atoms with E-state index in [1.807, 2.05) is 42.5 Å². The molecule has 2 aromatic heterocycles. The molecule has 0 atom stereocenters. The zero-order chi connectivity index (χ0) is 13.6. The van der Waals surface area contributed by atoms with E-state index >= 15 is 0 Å². The van der Waals surface area contributed by atoms with Crippen molar-refractivity contribution in [2.75, 3.05) is 5.32 Å². The molecule has 3 rings (SSSR count). The van der Waals surface area contributed by atoms with Crippen LogP contribution in [0.25, 0.3) is 0 Å². The van der Waals surface area contributed by atoms with E-state index in [0.717, 1.165) is 11.3 Å². The summed E-state index contributed by atoms with van der Waals surface area (Å²) in [5.74, 6) is 1.26. The zero-order valence-corrected chi connectivity index (χ0v) is 10.9. The minimum Gasteiger partial charge on any atom is -0.376 e. The molecule has 0 aliphatic heterocycles. The molecule has 1 aromatic carbocycles. The van der Waals surface area contributed by atoms with Gasteiger partial charge in [0.2, 0.25) is 5.89 Å². The molecule has 100 valence electrons. The molecule has 5 nitrogen and oxygen atoms in total. The van der Waals surface area contributed by atoms with Crippen LogP contribution in [0.2, 0.25) is 0 Å². The number of benzene rings is 1. The maximum Gasteiger partial charge on any atom is 0.245 e. The molecule has 5 heteroatoms. The van der Waals surface area contributed by atoms with Crippen molar-refractivity contribution in [1.29, 1.82) is 0 Å². The van der Waals surface area contributed by atoms with Crippen LogP contribution in [0.4, 0.5) is 5.69 Å². The molecule has 0 radical (unpaired) electrons. The number of pyridine rings is 1. The van der Waals surface area contributed by atoms with E-state index in [0.29, 0.717) is 24.7 Å². The second kappa shape index (κ2) is 5.97. The van der Waals surface area contributed by atoms with Gasteiger partial charge in [0.25, 0.3) is 0 Å². The number of para-hydroxylation sites is 1. The molecule has 0 fully saturated rings. The van der Waals surface area contributed by atoms with Gasteiger partial charge in [0, 0.05) is 24.5 Å². The largest absolute Gasteiger partial charge is 0.376 e. The Morgan fingerprint density at radius 3 is 2.60 bits per heavy atom. The molecule has 0 amide bonds. The third kappa shape index (κ3) is 3.20. The summed E-state index contributed by atoms with van der Waals surface area (Å²) in [4.78, 5) is 8.34. The minimum absolute atomic E-state index is 0.521. The lowest BCUT2D eigenvalue weighted by Crippen LogP contribution is -1.99. The molecular formula is C15H14N4O. The maximum absolute atomic E-state index is 5.22. The number of aromatic nitrogens is 3. The summed E-state index contributed by atoms with van der Waals surface area (Å²) in [6.45, 7) is 0.521. The first-order valence-electron chi connectivity index (χ1n) is 6.39. The lowest BCUT2D eigenvalue weighted by Gasteiger charge is -2.01. The molecule has 0 spiro atoms. The molecule has 0 saturated heterocycles. The highest BCUT2D eigenvalue weighted by Gasteiger charge is 2.06. The van der Waals surface area contributed by atoms with E-state index in [9.17, 15) is 0 Å². The fourth-order valence-corrected chi connectivity index (χ4v) is 1.85. The van der Waals surface area contributed by atoms with Crippen molar-refractivity contribution in [2.24, 2.45) is 0 Å². The van der Waals surface area contributed by atoms with Gasteiger partial charge in [-0.1, -0.05) is 23.4 Å². The molecule has 0 saturated carbocycles. The molecule has 20 heavy (non-hydrogen) atoms. The summed E-state index contributed by atoms with van der Waals surface area (Å²) >= 11 is 0. The Labute approximate surface area is 116 Å². The number of nitrogens with zero attached hydrogens (tertiary/aromatic N) is 3. The minimum atomic E-state index is 0.521. The molecule has 0 bridgehead atoms. The van der Waals surface area contributed by atoms with E-state index < -0.39 is 0 Å². The highest BCUT2D eigenvalue weighted by atomic mass is 16.5. The average molecular weight is 266 g/mol. The summed E-state index contributed by atoms with van der Waals surface area (Å²) in [5, 5.41) is 7.21. The van der Waals surface area contributed by atoms with Crippen LogP contribution in [-0.2, 0) is 13.0 Å². The van der Waals surface area contributed by atoms with Crippen LogP contribution in [0.1, 0.15) is 17.3 Å². The van der Waals surface area contributed by atoms with Gasteiger partial charge >= 0.3 is 0 Å². The maximum atomic E-state index is 5.22. The number of hydrogen-bond donors (Lipinski definition) is 1. The Hall–Kier alpha value is -2.69. The second-order valence-corrected chi connectivity index (χ2v) is 4.36. The summed E-state index contributed by atoms with van der Waals surface area (Å²) in [6.07, 6.45) is 4.16. The monoisotopic (exact) mass is 266 g/mol. The van der Waals surface area contributed by atoms with Crippen molar-refractivity contribution >= 4 is 5.69 Å². The highest BCUT2D eigenvalue weighted by molar-refractivity contribution is 5.42. The molecular weight excluding hydrogens is 252 g/mol. The van der Waals surface area contributed by atoms with Crippen LogP contribution in [-0.4, -0.2) is 15.1 Å². The third-order valence-corrected chi connectivity index (χ3v) is 2.84. The van der Waals surface area contributed by atoms with Crippen LogP contribution in [0.3, 0.4) is 0 Å². The first kappa shape index (κ1) is 12.3. The van der Waals surface area contributed by atoms with Gasteiger partial charge in [0.15, 0.2) is 5.82 Å². The first-order chi connectivity index (χ1) is 9.90. The van der Waals surface area contributed by atoms with Gasteiger partial charge in [0.1, 0.15) is 0 Å². The Morgan fingerprint density at radius 2 is 1.80 bits per heavy atom. The van der Waals surface area contributed by atoms with E-state index in [-0.39, 0.29) is 0 Å². The van der Waals surface area contributed by atoms with E-state index in [4.69, 9.17) is 4.52 Å². The number of hydrogen-bond acceptors (Lipinski definition) is 5. The topological polar surface area (TPSA) is 63.8 Å². The average Bonchev–Trinajstić information content (AvgIpc) is 2.95. The Balaban J connectivity index is 1.60. The first-order valence-corrected chi connectivity index (χ1v) is 6.39. The summed E-state index contributed by atoms with van der Waals surface area (Å²) in [7, 11) is 0. The van der Waals surface area contributed by atoms with Gasteiger partial charge in [0.05, 0.1) is 6.54 Å². The quantitative estimate of drug-likeness (QED) is 0.769. The summed E-state index contributed by atoms with van der Waals surface area (Å²) < 4.78 is 5.22. The van der Waals surface area contributed by atoms with Gasteiger partial charge in [-0.2, -0.15) is 4.98 Å². The van der Waals surface area contributed by atoms with Gasteiger partial charge in [-0.05, 0) is 29.8 Å². The van der Waals surface area contributed by atoms with Crippen molar-refractivity contribution < 1.29 is 4.52 Å². The van der Waals surface area contributed by atoms with E-state index in [2.05, 4.69) is 20.4 Å². The summed E-state index contributed by atoms with van der Waals surface area (Å²) in [5.41, 5.74) is 2.14. The standard InChI is InChI=1S/C15H14N4O/c1-2-4-13(5-3-1)17-11-15-18-14(19-20-15)10-12-6-8-16-9-7-12/h1-9,17H,10-11H2. The van der Waals surface area contributed by atoms with Crippen LogP contribution in [0, 0.1) is 0 Å². The zero-order valence-electron chi connectivity index (χ0n) is 10.9. The van der Waals surface area contributed by atoms with Crippen molar-refractivity contribution in [1.82, 2.24) is 15.1 Å². The number of nitrogens with one attached hydrogen (secondary N) is 1. The molecule has 2 heterocycles. The molecule has 3 aromatic rings. The van der Waals surface area contributed by atoms with Crippen molar-refractivity contribution in [3.63, 3.8) is 0 Å². The molecule has 0 aliphatic carbocycles. The SMILES string of the molecule is c1ccc(NCc2nc(Cc3ccncc3)no2)cc1. The fraction of sp³-hybridized carbons (Fsp3) is 0.133. The highest BCUT2D eigenvalue weighted by Crippen LogP contribution is 2.09. The van der Waals surface area contributed by atoms with Crippen molar-refractivity contribution in [2.45, 2.75) is 13.0 Å². The molecule has 0 aliphatic rings. The summed E-state index contributed by atoms with van der Waals surface area (Å²) in [6, 6.07) is 13.8. The Morgan fingerprint density at radius 1 is 1.00 bits per heavy atom. The third-order valence-electron chi connectivity index (χ3n) is 2.84. The molecule has 0 unspecified atom stereocenters. The van der Waals surface area contributed by atoms with Gasteiger partial charge in [-0.3, -0.25) is 4.98 Å². The van der Waals surface area contributed by atoms with Crippen LogP contribution in [0.15, 0.2) is 59.4 Å². The van der Waals surface area contributed by atoms with Crippen molar-refractivity contribution in [3.05, 3.63) is 72.1 Å².